The molecule has 9 rings (SSSR count). The number of ether oxygens (including phenoxy) is 2. The molecule has 4 N–H and O–H groups in total. The van der Waals surface area contributed by atoms with Crippen molar-refractivity contribution in [3.63, 3.8) is 0 Å². The molecule has 0 saturated carbocycles. The Kier molecular flexibility index (Phi) is 11.2. The van der Waals surface area contributed by atoms with Crippen LogP contribution in [0.4, 0.5) is 9.59 Å². The van der Waals surface area contributed by atoms with Gasteiger partial charge >= 0.3 is 12.2 Å². The van der Waals surface area contributed by atoms with E-state index in [1.54, 1.807) is 0 Å². The highest BCUT2D eigenvalue weighted by atomic mass is 16.5. The quantitative estimate of drug-likeness (QED) is 0.108. The van der Waals surface area contributed by atoms with Crippen LogP contribution in [0.5, 0.6) is 0 Å². The first-order valence-electron chi connectivity index (χ1n) is 21.7. The van der Waals surface area contributed by atoms with Gasteiger partial charge in [-0.2, -0.15) is 0 Å². The molecule has 0 spiro atoms. The smallest absolute Gasteiger partial charge is 0.407 e. The van der Waals surface area contributed by atoms with Gasteiger partial charge in [-0.1, -0.05) is 86.6 Å². The Labute approximate surface area is 365 Å². The summed E-state index contributed by atoms with van der Waals surface area (Å²) in [5, 5.41) is 7.82. The van der Waals surface area contributed by atoms with E-state index in [-0.39, 0.29) is 29.8 Å². The van der Waals surface area contributed by atoms with Gasteiger partial charge < -0.3 is 39.9 Å². The van der Waals surface area contributed by atoms with Gasteiger partial charge in [0, 0.05) is 31.5 Å². The summed E-state index contributed by atoms with van der Waals surface area (Å²) in [5.74, 6) is 1.09. The number of aromatic amines is 2. The molecule has 6 aromatic rings. The molecule has 14 heteroatoms. The first kappa shape index (κ1) is 41.4. The van der Waals surface area contributed by atoms with Gasteiger partial charge in [-0.3, -0.25) is 9.59 Å². The molecule has 1 aliphatic carbocycles. The lowest BCUT2D eigenvalue weighted by Crippen LogP contribution is -2.60. The number of likely N-dealkylation sites (tertiary alicyclic amines) is 2. The van der Waals surface area contributed by atoms with Crippen LogP contribution in [0.25, 0.3) is 44.4 Å². The van der Waals surface area contributed by atoms with Crippen LogP contribution in [0.2, 0.25) is 0 Å². The second kappa shape index (κ2) is 17.1. The standard InChI is InChI=1S/C49H52N8O6/c1-29(2)42(54-47(60)62-3)45(58)56-21-7-11-40(56)43-51-28-39(53-43)35-20-19-33-23-32(17-18-34(33)24-35)30-13-15-31(16-14-30)38-27-50-44(52-38)41-12-8-22-57(41)46(59)49(55-48(61)63-4)25-36-9-5-6-10-37(36)26-49/h5-6,9-10,13-20,23-24,27-29,40-42H,7-8,11-12,21-22,25-26H2,1-4H3,(H,50,52)(H,51,53)(H,54,60)(H,55,61)/t40-,41-,42-/m0/s1. The number of carbonyl (C=O) groups is 4. The van der Waals surface area contributed by atoms with E-state index in [9.17, 15) is 19.2 Å². The Morgan fingerprint density at radius 3 is 1.81 bits per heavy atom. The maximum atomic E-state index is 14.4. The van der Waals surface area contributed by atoms with E-state index < -0.39 is 23.8 Å². The van der Waals surface area contributed by atoms with Crippen LogP contribution >= 0.6 is 0 Å². The van der Waals surface area contributed by atoms with E-state index in [2.05, 4.69) is 81.3 Å². The summed E-state index contributed by atoms with van der Waals surface area (Å²) in [6.07, 6.45) is 6.45. The van der Waals surface area contributed by atoms with Gasteiger partial charge in [-0.25, -0.2) is 19.6 Å². The number of carbonyl (C=O) groups excluding carboxylic acids is 4. The number of fused-ring (bicyclic) bond motifs is 2. The zero-order valence-corrected chi connectivity index (χ0v) is 35.9. The molecule has 4 aromatic carbocycles. The zero-order valence-electron chi connectivity index (χ0n) is 35.9. The Balaban J connectivity index is 0.875. The van der Waals surface area contributed by atoms with Crippen LogP contribution in [0.15, 0.2) is 97.3 Å². The highest BCUT2D eigenvalue weighted by Crippen LogP contribution is 2.39. The van der Waals surface area contributed by atoms with E-state index in [0.29, 0.717) is 25.9 Å². The highest BCUT2D eigenvalue weighted by Gasteiger charge is 2.50. The van der Waals surface area contributed by atoms with E-state index >= 15 is 0 Å². The van der Waals surface area contributed by atoms with Crippen LogP contribution < -0.4 is 10.6 Å². The van der Waals surface area contributed by atoms with E-state index in [1.165, 1.54) is 14.2 Å². The number of hydrogen-bond donors (Lipinski definition) is 4. The summed E-state index contributed by atoms with van der Waals surface area (Å²) in [5.41, 5.74) is 6.86. The minimum absolute atomic E-state index is 0.108. The number of methoxy groups -OCH3 is 2. The lowest BCUT2D eigenvalue weighted by atomic mass is 9.93. The largest absolute Gasteiger partial charge is 0.453 e. The average molecular weight is 849 g/mol. The normalized spacial score (nSPS) is 18.4. The van der Waals surface area contributed by atoms with E-state index in [0.717, 1.165) is 92.9 Å². The Hall–Kier alpha value is -6.96. The molecule has 324 valence electrons. The van der Waals surface area contributed by atoms with Crippen LogP contribution in [0, 0.1) is 5.92 Å². The van der Waals surface area contributed by atoms with Crippen LogP contribution in [0.1, 0.15) is 74.4 Å². The molecule has 2 saturated heterocycles. The first-order chi connectivity index (χ1) is 30.5. The fourth-order valence-corrected chi connectivity index (χ4v) is 9.66. The topological polar surface area (TPSA) is 175 Å². The van der Waals surface area contributed by atoms with Crippen LogP contribution in [0.3, 0.4) is 0 Å². The molecule has 4 amide bonds. The summed E-state index contributed by atoms with van der Waals surface area (Å²) in [6.45, 7) is 4.98. The fraction of sp³-hybridized carbons (Fsp3) is 0.347. The predicted octanol–water partition coefficient (Wildman–Crippen LogP) is 7.89. The zero-order chi connectivity index (χ0) is 43.8. The Bertz CT molecular complexity index is 2660. The number of benzene rings is 4. The van der Waals surface area contributed by atoms with Crippen molar-refractivity contribution in [2.45, 2.75) is 76.0 Å². The molecular weight excluding hydrogens is 797 g/mol. The fourth-order valence-electron chi connectivity index (χ4n) is 9.66. The van der Waals surface area contributed by atoms with E-state index in [4.69, 9.17) is 19.4 Å². The van der Waals surface area contributed by atoms with Gasteiger partial charge in [0.05, 0.1) is 50.1 Å². The second-order valence-electron chi connectivity index (χ2n) is 17.2. The monoisotopic (exact) mass is 848 g/mol. The van der Waals surface area contributed by atoms with Crippen LogP contribution in [-0.2, 0) is 31.9 Å². The van der Waals surface area contributed by atoms with Gasteiger partial charge in [-0.15, -0.1) is 0 Å². The van der Waals surface area contributed by atoms with Gasteiger partial charge in [0.2, 0.25) is 11.8 Å². The lowest BCUT2D eigenvalue weighted by Gasteiger charge is -2.35. The van der Waals surface area contributed by atoms with Crippen molar-refractivity contribution in [2.75, 3.05) is 27.3 Å². The Morgan fingerprint density at radius 1 is 0.683 bits per heavy atom. The molecule has 2 aliphatic heterocycles. The predicted molar refractivity (Wildman–Crippen MR) is 238 cm³/mol. The molecule has 3 atom stereocenters. The number of amides is 4. The number of hydrogen-bond acceptors (Lipinski definition) is 8. The SMILES string of the molecule is COC(=O)N[C@H](C(=O)N1CCC[C@H]1c1ncc(-c2ccc3cc(-c4ccc(-c5cnc([C@@H]6CCCN6C(=O)C6(NC(=O)OC)Cc7ccccc7C6)[nH]5)cc4)ccc3c2)[nH]1)C(C)C. The molecule has 2 aromatic heterocycles. The highest BCUT2D eigenvalue weighted by molar-refractivity contribution is 5.93. The van der Waals surface area contributed by atoms with Crippen molar-refractivity contribution in [1.29, 1.82) is 0 Å². The van der Waals surface area contributed by atoms with Crippen molar-refractivity contribution in [1.82, 2.24) is 40.4 Å². The molecule has 0 radical (unpaired) electrons. The second-order valence-corrected chi connectivity index (χ2v) is 17.2. The number of H-pyrrole nitrogens is 2. The van der Waals surface area contributed by atoms with Crippen molar-refractivity contribution >= 4 is 34.8 Å². The molecule has 14 nitrogen and oxygen atoms in total. The summed E-state index contributed by atoms with van der Waals surface area (Å²) in [7, 11) is 2.61. The van der Waals surface area contributed by atoms with E-state index in [1.807, 2.05) is 60.3 Å². The third-order valence-corrected chi connectivity index (χ3v) is 13.0. The summed E-state index contributed by atoms with van der Waals surface area (Å²) < 4.78 is 9.74. The number of nitrogens with one attached hydrogen (secondary N) is 4. The summed E-state index contributed by atoms with van der Waals surface area (Å²) in [6, 6.07) is 27.9. The van der Waals surface area contributed by atoms with Crippen molar-refractivity contribution in [3.05, 3.63) is 120 Å². The third-order valence-electron chi connectivity index (χ3n) is 13.0. The maximum absolute atomic E-state index is 14.4. The minimum Gasteiger partial charge on any atom is -0.453 e. The average Bonchev–Trinajstić information content (AvgIpc) is 4.16. The molecule has 0 bridgehead atoms. The lowest BCUT2D eigenvalue weighted by molar-refractivity contribution is -0.139. The molecule has 3 aliphatic rings. The van der Waals surface area contributed by atoms with Gasteiger partial charge in [0.15, 0.2) is 0 Å². The van der Waals surface area contributed by atoms with Gasteiger partial charge in [0.1, 0.15) is 23.2 Å². The van der Waals surface area contributed by atoms with Gasteiger partial charge in [-0.05, 0) is 82.3 Å². The number of imidazole rings is 2. The summed E-state index contributed by atoms with van der Waals surface area (Å²) in [4.78, 5) is 72.8. The molecule has 0 unspecified atom stereocenters. The number of rotatable bonds is 10. The summed E-state index contributed by atoms with van der Waals surface area (Å²) >= 11 is 0. The number of alkyl carbamates (subject to hydrolysis) is 2. The maximum Gasteiger partial charge on any atom is 0.407 e. The Morgan fingerprint density at radius 2 is 1.21 bits per heavy atom. The molecule has 2 fully saturated rings. The number of nitrogens with zero attached hydrogens (tertiary/aromatic N) is 4. The molecular formula is C49H52N8O6. The van der Waals surface area contributed by atoms with Crippen LogP contribution in [-0.4, -0.2) is 92.6 Å². The number of aromatic nitrogens is 4. The van der Waals surface area contributed by atoms with Crippen molar-refractivity contribution in [2.24, 2.45) is 5.92 Å². The minimum atomic E-state index is -1.12. The third kappa shape index (κ3) is 8.01. The van der Waals surface area contributed by atoms with Gasteiger partial charge in [0.25, 0.3) is 0 Å². The van der Waals surface area contributed by atoms with Crippen molar-refractivity contribution in [3.8, 4) is 33.6 Å². The first-order valence-corrected chi connectivity index (χ1v) is 21.7. The molecule has 63 heavy (non-hydrogen) atoms. The molecule has 4 heterocycles. The van der Waals surface area contributed by atoms with Crippen molar-refractivity contribution < 1.29 is 28.7 Å².